The number of anilines is 1. The minimum absolute atomic E-state index is 0.148. The number of fused-ring (bicyclic) bond motifs is 1. The van der Waals surface area contributed by atoms with E-state index in [1.807, 2.05) is 30.3 Å². The van der Waals surface area contributed by atoms with E-state index in [9.17, 15) is 9.59 Å². The molecule has 1 saturated carbocycles. The van der Waals surface area contributed by atoms with Crippen LogP contribution in [0.25, 0.3) is 10.9 Å². The highest BCUT2D eigenvalue weighted by atomic mass is 16.5. The van der Waals surface area contributed by atoms with Gasteiger partial charge in [-0.3, -0.25) is 14.6 Å². The average molecular weight is 491 g/mol. The van der Waals surface area contributed by atoms with Gasteiger partial charge in [0.2, 0.25) is 11.9 Å². The van der Waals surface area contributed by atoms with E-state index in [0.717, 1.165) is 24.8 Å². The fraction of sp³-hybridized carbons (Fsp3) is 0.464. The molecular formula is C28H34N4O4. The monoisotopic (exact) mass is 490 g/mol. The number of H-pyrrole nitrogens is 1. The molecule has 36 heavy (non-hydrogen) atoms. The lowest BCUT2D eigenvalue weighted by atomic mass is 9.67. The van der Waals surface area contributed by atoms with Crippen molar-refractivity contribution >= 4 is 22.8 Å². The van der Waals surface area contributed by atoms with Gasteiger partial charge in [-0.1, -0.05) is 49.6 Å². The van der Waals surface area contributed by atoms with Gasteiger partial charge < -0.3 is 19.7 Å². The van der Waals surface area contributed by atoms with Gasteiger partial charge in [-0.05, 0) is 36.8 Å². The van der Waals surface area contributed by atoms with Crippen LogP contribution in [0.4, 0.5) is 5.95 Å². The first-order valence-electron chi connectivity index (χ1n) is 12.7. The Labute approximate surface area is 211 Å². The number of amides is 1. The zero-order valence-corrected chi connectivity index (χ0v) is 21.0. The van der Waals surface area contributed by atoms with Gasteiger partial charge in [0.25, 0.3) is 5.56 Å². The number of nitrogens with one attached hydrogen (secondary N) is 2. The predicted molar refractivity (Wildman–Crippen MR) is 140 cm³/mol. The van der Waals surface area contributed by atoms with Crippen molar-refractivity contribution in [3.8, 4) is 11.5 Å². The number of hydrogen-bond donors (Lipinski definition) is 2. The summed E-state index contributed by atoms with van der Waals surface area (Å²) in [5.41, 5.74) is 1.05. The molecule has 8 heteroatoms. The zero-order valence-electron chi connectivity index (χ0n) is 21.0. The Morgan fingerprint density at radius 3 is 2.44 bits per heavy atom. The first-order chi connectivity index (χ1) is 17.5. The van der Waals surface area contributed by atoms with Gasteiger partial charge in [-0.2, -0.15) is 0 Å². The van der Waals surface area contributed by atoms with Crippen LogP contribution in [0.5, 0.6) is 11.5 Å². The largest absolute Gasteiger partial charge is 0.493 e. The Balaban J connectivity index is 1.34. The molecule has 8 nitrogen and oxygen atoms in total. The molecule has 1 aliphatic carbocycles. The second kappa shape index (κ2) is 10.2. The number of piperidine rings is 1. The number of hydrogen-bond acceptors (Lipinski definition) is 6. The molecule has 1 saturated heterocycles. The van der Waals surface area contributed by atoms with Gasteiger partial charge in [0.1, 0.15) is 0 Å². The molecule has 3 aromatic rings. The van der Waals surface area contributed by atoms with Crippen LogP contribution in [-0.4, -0.2) is 43.2 Å². The van der Waals surface area contributed by atoms with E-state index >= 15 is 0 Å². The second-order valence-corrected chi connectivity index (χ2v) is 10.1. The topological polar surface area (TPSA) is 96.5 Å². The maximum atomic E-state index is 13.5. The predicted octanol–water partition coefficient (Wildman–Crippen LogP) is 4.03. The lowest BCUT2D eigenvalue weighted by Gasteiger charge is -2.44. The van der Waals surface area contributed by atoms with E-state index in [4.69, 9.17) is 14.5 Å². The summed E-state index contributed by atoms with van der Waals surface area (Å²) >= 11 is 0. The average Bonchev–Trinajstić information content (AvgIpc) is 2.89. The van der Waals surface area contributed by atoms with Crippen LogP contribution in [0, 0.1) is 11.3 Å². The molecule has 2 aromatic carbocycles. The van der Waals surface area contributed by atoms with Crippen molar-refractivity contribution in [3.05, 3.63) is 58.4 Å². The number of carbonyl (C=O) groups excluding carboxylic acids is 1. The molecule has 5 rings (SSSR count). The van der Waals surface area contributed by atoms with Crippen molar-refractivity contribution in [1.29, 1.82) is 0 Å². The molecule has 2 heterocycles. The highest BCUT2D eigenvalue weighted by Gasteiger charge is 2.44. The Morgan fingerprint density at radius 1 is 1.11 bits per heavy atom. The number of aromatic nitrogens is 2. The molecule has 190 valence electrons. The Hall–Kier alpha value is -3.55. The van der Waals surface area contributed by atoms with Crippen LogP contribution in [-0.2, 0) is 11.3 Å². The molecule has 2 N–H and O–H groups in total. The fourth-order valence-corrected chi connectivity index (χ4v) is 5.49. The van der Waals surface area contributed by atoms with Gasteiger partial charge in [-0.25, -0.2) is 4.98 Å². The van der Waals surface area contributed by atoms with Gasteiger partial charge in [0.05, 0.1) is 30.5 Å². The van der Waals surface area contributed by atoms with Gasteiger partial charge in [-0.15, -0.1) is 0 Å². The van der Waals surface area contributed by atoms with E-state index in [1.54, 1.807) is 26.4 Å². The third-order valence-corrected chi connectivity index (χ3v) is 7.90. The number of aromatic amines is 1. The maximum absolute atomic E-state index is 13.5. The van der Waals surface area contributed by atoms with Crippen molar-refractivity contribution < 1.29 is 14.3 Å². The normalized spacial score (nSPS) is 17.4. The Morgan fingerprint density at radius 2 is 1.81 bits per heavy atom. The van der Waals surface area contributed by atoms with E-state index in [-0.39, 0.29) is 16.9 Å². The third-order valence-electron chi connectivity index (χ3n) is 7.90. The third kappa shape index (κ3) is 4.76. The Kier molecular flexibility index (Phi) is 6.85. The molecule has 1 amide bonds. The van der Waals surface area contributed by atoms with Crippen molar-refractivity contribution in [1.82, 2.24) is 15.3 Å². The van der Waals surface area contributed by atoms with Crippen molar-refractivity contribution in [2.45, 2.75) is 45.1 Å². The molecule has 0 atom stereocenters. The van der Waals surface area contributed by atoms with E-state index in [2.05, 4.69) is 15.2 Å². The molecule has 0 radical (unpaired) electrons. The van der Waals surface area contributed by atoms with Crippen LogP contribution in [0.1, 0.15) is 44.1 Å². The number of benzene rings is 2. The second-order valence-electron chi connectivity index (χ2n) is 10.1. The lowest BCUT2D eigenvalue weighted by molar-refractivity contribution is -0.134. The van der Waals surface area contributed by atoms with Crippen LogP contribution in [0.2, 0.25) is 0 Å². The molecule has 1 aromatic heterocycles. The molecule has 0 bridgehead atoms. The summed E-state index contributed by atoms with van der Waals surface area (Å²) in [7, 11) is 3.10. The molecule has 0 unspecified atom stereocenters. The molecule has 1 aliphatic heterocycles. The Bertz CT molecular complexity index is 1280. The van der Waals surface area contributed by atoms with Crippen molar-refractivity contribution in [3.63, 3.8) is 0 Å². The van der Waals surface area contributed by atoms with Gasteiger partial charge in [0, 0.05) is 25.7 Å². The van der Waals surface area contributed by atoms with Crippen LogP contribution < -0.4 is 25.2 Å². The first-order valence-corrected chi connectivity index (χ1v) is 12.7. The summed E-state index contributed by atoms with van der Waals surface area (Å²) < 4.78 is 10.7. The SMILES string of the molecule is COc1cc2nc(N3CCC(CC4CCC4)(C(=O)NCc4ccccc4)CC3)[nH]c(=O)c2cc1OC. The summed E-state index contributed by atoms with van der Waals surface area (Å²) in [5.74, 6) is 2.32. The van der Waals surface area contributed by atoms with Crippen molar-refractivity contribution in [2.75, 3.05) is 32.2 Å². The maximum Gasteiger partial charge on any atom is 0.260 e. The lowest BCUT2D eigenvalue weighted by Crippen LogP contribution is -2.50. The summed E-state index contributed by atoms with van der Waals surface area (Å²) in [6.07, 6.45) is 6.08. The first kappa shape index (κ1) is 24.2. The number of carbonyl (C=O) groups is 1. The number of methoxy groups -OCH3 is 2. The zero-order chi connectivity index (χ0) is 25.1. The van der Waals surface area contributed by atoms with E-state index in [0.29, 0.717) is 53.9 Å². The van der Waals surface area contributed by atoms with Gasteiger partial charge >= 0.3 is 0 Å². The van der Waals surface area contributed by atoms with Gasteiger partial charge in [0.15, 0.2) is 11.5 Å². The highest BCUT2D eigenvalue weighted by Crippen LogP contribution is 2.44. The fourth-order valence-electron chi connectivity index (χ4n) is 5.49. The van der Waals surface area contributed by atoms with Crippen LogP contribution in [0.15, 0.2) is 47.3 Å². The molecule has 2 aliphatic rings. The van der Waals surface area contributed by atoms with Crippen LogP contribution in [0.3, 0.4) is 0 Å². The number of ether oxygens (including phenoxy) is 2. The highest BCUT2D eigenvalue weighted by molar-refractivity contribution is 5.84. The van der Waals surface area contributed by atoms with Crippen molar-refractivity contribution in [2.24, 2.45) is 11.3 Å². The van der Waals surface area contributed by atoms with Crippen LogP contribution >= 0.6 is 0 Å². The molecule has 0 spiro atoms. The molecule has 2 fully saturated rings. The summed E-state index contributed by atoms with van der Waals surface area (Å²) in [4.78, 5) is 36.2. The molecular weight excluding hydrogens is 456 g/mol. The van der Waals surface area contributed by atoms with E-state index in [1.165, 1.54) is 19.3 Å². The summed E-state index contributed by atoms with van der Waals surface area (Å²) in [6.45, 7) is 1.86. The number of nitrogens with zero attached hydrogens (tertiary/aromatic N) is 2. The minimum Gasteiger partial charge on any atom is -0.493 e. The summed E-state index contributed by atoms with van der Waals surface area (Å²) in [5, 5.41) is 3.67. The summed E-state index contributed by atoms with van der Waals surface area (Å²) in [6, 6.07) is 13.4. The quantitative estimate of drug-likeness (QED) is 0.495. The minimum atomic E-state index is -0.385. The number of rotatable bonds is 8. The standard InChI is InChI=1S/C28H34N4O4/c1-35-23-15-21-22(16-24(23)36-2)30-27(31-25(21)33)32-13-11-28(12-14-32,17-19-9-6-10-19)26(34)29-18-20-7-4-3-5-8-20/h3-5,7-8,15-16,19H,6,9-14,17-18H2,1-2H3,(H,29,34)(H,30,31,33). The van der Waals surface area contributed by atoms with E-state index < -0.39 is 0 Å². The smallest absolute Gasteiger partial charge is 0.260 e.